The van der Waals surface area contributed by atoms with Crippen LogP contribution >= 0.6 is 46.6 Å². The number of benzene rings is 1. The lowest BCUT2D eigenvalue weighted by Gasteiger charge is -2.40. The third-order valence-corrected chi connectivity index (χ3v) is 8.80. The van der Waals surface area contributed by atoms with Gasteiger partial charge in [0.25, 0.3) is 0 Å². The van der Waals surface area contributed by atoms with Crippen LogP contribution in [0.15, 0.2) is 55.5 Å². The molecule has 4 nitrogen and oxygen atoms in total. The van der Waals surface area contributed by atoms with E-state index in [2.05, 4.69) is 26.1 Å². The highest BCUT2D eigenvalue weighted by Gasteiger charge is 2.61. The quantitative estimate of drug-likeness (QED) is 0.216. The van der Waals surface area contributed by atoms with Gasteiger partial charge in [0.15, 0.2) is 10.1 Å². The smallest absolute Gasteiger partial charge is 0.320 e. The first-order valence-electron chi connectivity index (χ1n) is 9.17. The number of thioether (sulfide) groups is 1. The van der Waals surface area contributed by atoms with Crippen molar-refractivity contribution in [3.63, 3.8) is 0 Å². The number of allylic oxidation sites excluding steroid dienone is 1. The van der Waals surface area contributed by atoms with Gasteiger partial charge in [0.2, 0.25) is 0 Å². The second-order valence-corrected chi connectivity index (χ2v) is 10.6. The highest BCUT2D eigenvalue weighted by molar-refractivity contribution is 8.03. The summed E-state index contributed by atoms with van der Waals surface area (Å²) in [5, 5.41) is 15.5. The molecule has 3 rings (SSSR count). The summed E-state index contributed by atoms with van der Waals surface area (Å²) in [5.41, 5.74) is -0.0751. The van der Waals surface area contributed by atoms with Gasteiger partial charge >= 0.3 is 5.70 Å². The Balaban J connectivity index is 2.04. The molecule has 0 amide bonds. The number of fused-ring (bicyclic) bond motifs is 2. The van der Waals surface area contributed by atoms with Gasteiger partial charge in [-0.15, -0.1) is 0 Å². The van der Waals surface area contributed by atoms with Gasteiger partial charge in [-0.25, -0.2) is 0 Å². The van der Waals surface area contributed by atoms with Gasteiger partial charge in [-0.3, -0.25) is 10.1 Å². The predicted octanol–water partition coefficient (Wildman–Crippen LogP) is 6.91. The Hall–Kier alpha value is -0.880. The summed E-state index contributed by atoms with van der Waals surface area (Å²) in [6, 6.07) is 9.59. The van der Waals surface area contributed by atoms with E-state index in [0.717, 1.165) is 17.7 Å². The first kappa shape index (κ1) is 21.8. The number of nitro groups is 1. The summed E-state index contributed by atoms with van der Waals surface area (Å²) in [7, 11) is 0. The Morgan fingerprint density at radius 3 is 2.32 bits per heavy atom. The van der Waals surface area contributed by atoms with Crippen molar-refractivity contribution in [1.29, 1.82) is 0 Å². The van der Waals surface area contributed by atoms with Gasteiger partial charge in [0.05, 0.1) is 4.92 Å². The fourth-order valence-electron chi connectivity index (χ4n) is 4.69. The van der Waals surface area contributed by atoms with Crippen LogP contribution in [-0.4, -0.2) is 11.0 Å². The molecule has 1 N–H and O–H groups in total. The van der Waals surface area contributed by atoms with E-state index < -0.39 is 4.92 Å². The van der Waals surface area contributed by atoms with Crippen molar-refractivity contribution in [2.75, 3.05) is 0 Å². The Bertz CT molecular complexity index is 837. The molecule has 28 heavy (non-hydrogen) atoms. The maximum atomic E-state index is 11.9. The van der Waals surface area contributed by atoms with Crippen LogP contribution in [0.1, 0.15) is 40.0 Å². The Labute approximate surface area is 184 Å². The fraction of sp³-hybridized carbons (Fsp3) is 0.500. The van der Waals surface area contributed by atoms with Gasteiger partial charge in [-0.1, -0.05) is 85.5 Å². The number of hydrogen-bond donors (Lipinski definition) is 1. The summed E-state index contributed by atoms with van der Waals surface area (Å²) >= 11 is 19.0. The lowest BCUT2D eigenvalue weighted by Crippen LogP contribution is -2.44. The molecule has 0 spiro atoms. The van der Waals surface area contributed by atoms with Crippen molar-refractivity contribution in [1.82, 2.24) is 5.32 Å². The van der Waals surface area contributed by atoms with Gasteiger partial charge in [-0.05, 0) is 48.1 Å². The van der Waals surface area contributed by atoms with Crippen LogP contribution in [0, 0.1) is 26.9 Å². The third-order valence-electron chi connectivity index (χ3n) is 6.83. The average molecular weight is 462 g/mol. The van der Waals surface area contributed by atoms with Crippen LogP contribution in [0.2, 0.25) is 0 Å². The summed E-state index contributed by atoms with van der Waals surface area (Å²) < 4.78 is -0.319. The molecule has 2 aliphatic carbocycles. The van der Waals surface area contributed by atoms with E-state index in [0.29, 0.717) is 10.9 Å². The molecular weight excluding hydrogens is 439 g/mol. The number of rotatable bonds is 6. The first-order chi connectivity index (χ1) is 13.1. The van der Waals surface area contributed by atoms with Crippen molar-refractivity contribution in [2.45, 2.75) is 51.0 Å². The van der Waals surface area contributed by atoms with E-state index in [1.165, 1.54) is 18.2 Å². The molecule has 0 aromatic heterocycles. The van der Waals surface area contributed by atoms with Crippen LogP contribution in [0.25, 0.3) is 0 Å². The molecule has 152 valence electrons. The SMILES string of the molecule is CC1(C)C2CCC1(C)C(N/C(Sc1ccccc1)=C(/C(Cl)=C(Cl)Cl)[N+](=O)[O-])C2. The number of halogens is 3. The molecule has 0 heterocycles. The van der Waals surface area contributed by atoms with Gasteiger partial charge in [-0.2, -0.15) is 0 Å². The zero-order valence-corrected chi connectivity index (χ0v) is 19.1. The fourth-order valence-corrected chi connectivity index (χ4v) is 6.09. The van der Waals surface area contributed by atoms with Crippen molar-refractivity contribution in [2.24, 2.45) is 16.7 Å². The molecule has 3 atom stereocenters. The largest absolute Gasteiger partial charge is 0.371 e. The molecule has 3 unspecified atom stereocenters. The lowest BCUT2D eigenvalue weighted by atomic mass is 9.69. The minimum Gasteiger partial charge on any atom is -0.371 e. The Morgan fingerprint density at radius 2 is 1.86 bits per heavy atom. The molecule has 2 saturated carbocycles. The van der Waals surface area contributed by atoms with Crippen molar-refractivity contribution in [3.8, 4) is 0 Å². The van der Waals surface area contributed by atoms with Crippen molar-refractivity contribution < 1.29 is 4.92 Å². The maximum absolute atomic E-state index is 11.9. The number of hydrogen-bond acceptors (Lipinski definition) is 4. The number of nitrogens with one attached hydrogen (secondary N) is 1. The average Bonchev–Trinajstić information content (AvgIpc) is 2.95. The summed E-state index contributed by atoms with van der Waals surface area (Å²) in [4.78, 5) is 12.2. The molecule has 2 fully saturated rings. The van der Waals surface area contributed by atoms with Crippen molar-refractivity contribution in [3.05, 3.63) is 60.7 Å². The predicted molar refractivity (Wildman–Crippen MR) is 117 cm³/mol. The van der Waals surface area contributed by atoms with Crippen LogP contribution in [0.4, 0.5) is 0 Å². The highest BCUT2D eigenvalue weighted by atomic mass is 35.5. The molecule has 2 bridgehead atoms. The molecule has 1 aromatic carbocycles. The van der Waals surface area contributed by atoms with Crippen molar-refractivity contribution >= 4 is 46.6 Å². The van der Waals surface area contributed by atoms with Gasteiger partial charge in [0.1, 0.15) is 4.49 Å². The maximum Gasteiger partial charge on any atom is 0.320 e. The standard InChI is InChI=1S/C20H23Cl3N2O2S/c1-19(2)12-9-10-20(19,3)14(11-12)24-18(28-13-7-5-4-6-8-13)16(25(26)27)15(21)17(22)23/h4-8,12,14,24H,9-11H2,1-3H3/b18-16+. The Morgan fingerprint density at radius 1 is 1.21 bits per heavy atom. The number of nitrogens with zero attached hydrogens (tertiary/aromatic N) is 1. The van der Waals surface area contributed by atoms with Crippen LogP contribution < -0.4 is 5.32 Å². The molecule has 0 aliphatic heterocycles. The molecule has 8 heteroatoms. The summed E-state index contributed by atoms with van der Waals surface area (Å²) in [6.45, 7) is 6.88. The summed E-state index contributed by atoms with van der Waals surface area (Å²) in [6.07, 6.45) is 3.27. The zero-order valence-electron chi connectivity index (χ0n) is 16.0. The molecule has 1 aromatic rings. The third kappa shape index (κ3) is 3.79. The second kappa shape index (κ2) is 8.10. The second-order valence-electron chi connectivity index (χ2n) is 8.23. The van der Waals surface area contributed by atoms with Gasteiger partial charge in [0, 0.05) is 10.9 Å². The van der Waals surface area contributed by atoms with E-state index >= 15 is 0 Å². The van der Waals surface area contributed by atoms with E-state index in [4.69, 9.17) is 34.8 Å². The minimum atomic E-state index is -0.522. The minimum absolute atomic E-state index is 0.0445. The normalized spacial score (nSPS) is 28.6. The van der Waals surface area contributed by atoms with E-state index in [1.807, 2.05) is 30.3 Å². The first-order valence-corrected chi connectivity index (χ1v) is 11.1. The lowest BCUT2D eigenvalue weighted by molar-refractivity contribution is -0.420. The van der Waals surface area contributed by atoms with Gasteiger partial charge < -0.3 is 5.32 Å². The van der Waals surface area contributed by atoms with Crippen LogP contribution in [0.3, 0.4) is 0 Å². The van der Waals surface area contributed by atoms with E-state index in [1.54, 1.807) is 0 Å². The van der Waals surface area contributed by atoms with Crippen LogP contribution in [0.5, 0.6) is 0 Å². The molecule has 0 saturated heterocycles. The topological polar surface area (TPSA) is 55.2 Å². The van der Waals surface area contributed by atoms with Crippen LogP contribution in [-0.2, 0) is 0 Å². The monoisotopic (exact) mass is 460 g/mol. The Kier molecular flexibility index (Phi) is 6.31. The zero-order chi connectivity index (χ0) is 20.7. The van der Waals surface area contributed by atoms with E-state index in [-0.39, 0.29) is 32.1 Å². The summed E-state index contributed by atoms with van der Waals surface area (Å²) in [5.74, 6) is 0.597. The molecule has 2 aliphatic rings. The molecule has 0 radical (unpaired) electrons. The van der Waals surface area contributed by atoms with E-state index in [9.17, 15) is 10.1 Å². The molecular formula is C20H23Cl3N2O2S. The highest BCUT2D eigenvalue weighted by Crippen LogP contribution is 2.65.